The van der Waals surface area contributed by atoms with Gasteiger partial charge >= 0.3 is 0 Å². The molecular formula is C20H20ClFN4O2S. The number of halogens is 2. The minimum Gasteiger partial charge on any atom is -0.356 e. The zero-order valence-corrected chi connectivity index (χ0v) is 17.4. The zero-order chi connectivity index (χ0) is 20.6. The summed E-state index contributed by atoms with van der Waals surface area (Å²) < 4.78 is 41.4. The first kappa shape index (κ1) is 20.0. The van der Waals surface area contributed by atoms with E-state index in [0.29, 0.717) is 21.9 Å². The van der Waals surface area contributed by atoms with Gasteiger partial charge in [0.2, 0.25) is 10.0 Å². The predicted molar refractivity (Wildman–Crippen MR) is 111 cm³/mol. The van der Waals surface area contributed by atoms with Gasteiger partial charge in [-0.3, -0.25) is 0 Å². The van der Waals surface area contributed by atoms with Crippen LogP contribution in [0.4, 0.5) is 10.2 Å². The number of anilines is 1. The molecule has 4 rings (SSSR count). The number of nitrogens with one attached hydrogen (secondary N) is 1. The van der Waals surface area contributed by atoms with Crippen LogP contribution in [0.1, 0.15) is 24.2 Å². The summed E-state index contributed by atoms with van der Waals surface area (Å²) in [6.45, 7) is 3.28. The summed E-state index contributed by atoms with van der Waals surface area (Å²) >= 11 is 6.16. The molecule has 2 aromatic carbocycles. The van der Waals surface area contributed by atoms with Crippen LogP contribution < -0.4 is 9.62 Å². The van der Waals surface area contributed by atoms with Crippen molar-refractivity contribution in [3.8, 4) is 0 Å². The van der Waals surface area contributed by atoms with Gasteiger partial charge < -0.3 is 4.90 Å². The lowest BCUT2D eigenvalue weighted by atomic mass is 10.2. The van der Waals surface area contributed by atoms with E-state index in [2.05, 4.69) is 19.6 Å². The van der Waals surface area contributed by atoms with E-state index >= 15 is 0 Å². The number of benzene rings is 2. The fourth-order valence-electron chi connectivity index (χ4n) is 3.48. The van der Waals surface area contributed by atoms with Gasteiger partial charge in [-0.1, -0.05) is 17.7 Å². The Morgan fingerprint density at radius 1 is 1.14 bits per heavy atom. The van der Waals surface area contributed by atoms with Crippen molar-refractivity contribution in [2.75, 3.05) is 18.0 Å². The molecule has 1 aliphatic rings. The minimum absolute atomic E-state index is 0.0927. The van der Waals surface area contributed by atoms with Gasteiger partial charge in [0.05, 0.1) is 17.0 Å². The summed E-state index contributed by atoms with van der Waals surface area (Å²) in [5.41, 5.74) is 1.16. The van der Waals surface area contributed by atoms with Crippen LogP contribution in [0.3, 0.4) is 0 Å². The molecular weight excluding hydrogens is 415 g/mol. The van der Waals surface area contributed by atoms with Crippen LogP contribution in [-0.4, -0.2) is 31.5 Å². The first-order chi connectivity index (χ1) is 13.8. The number of aryl methyl sites for hydroxylation is 1. The molecule has 1 fully saturated rings. The van der Waals surface area contributed by atoms with Gasteiger partial charge in [0.25, 0.3) is 0 Å². The van der Waals surface area contributed by atoms with Crippen LogP contribution in [0.15, 0.2) is 41.3 Å². The number of fused-ring (bicyclic) bond motifs is 1. The molecule has 1 N–H and O–H groups in total. The maximum absolute atomic E-state index is 13.5. The van der Waals surface area contributed by atoms with Gasteiger partial charge in [-0.15, -0.1) is 0 Å². The van der Waals surface area contributed by atoms with Crippen molar-refractivity contribution in [1.29, 1.82) is 0 Å². The molecule has 0 atom stereocenters. The Balaban J connectivity index is 1.67. The number of hydrogen-bond acceptors (Lipinski definition) is 5. The molecule has 0 spiro atoms. The number of nitrogens with zero attached hydrogens (tertiary/aromatic N) is 3. The Morgan fingerprint density at radius 2 is 1.90 bits per heavy atom. The fourth-order valence-corrected chi connectivity index (χ4v) is 4.89. The molecule has 6 nitrogen and oxygen atoms in total. The van der Waals surface area contributed by atoms with Crippen LogP contribution >= 0.6 is 11.6 Å². The highest BCUT2D eigenvalue weighted by molar-refractivity contribution is 7.89. The minimum atomic E-state index is -3.91. The molecule has 1 aliphatic heterocycles. The van der Waals surface area contributed by atoms with Crippen molar-refractivity contribution >= 4 is 38.3 Å². The summed E-state index contributed by atoms with van der Waals surface area (Å²) in [6.07, 6.45) is 2.15. The molecule has 0 unspecified atom stereocenters. The molecule has 3 aromatic rings. The molecule has 0 saturated carbocycles. The third-order valence-corrected chi connectivity index (χ3v) is 6.73. The first-order valence-corrected chi connectivity index (χ1v) is 11.2. The lowest BCUT2D eigenvalue weighted by Crippen LogP contribution is -2.26. The molecule has 152 valence electrons. The monoisotopic (exact) mass is 434 g/mol. The number of rotatable bonds is 5. The molecule has 0 radical (unpaired) electrons. The van der Waals surface area contributed by atoms with Gasteiger partial charge in [0, 0.05) is 23.5 Å². The second-order valence-corrected chi connectivity index (χ2v) is 9.23. The van der Waals surface area contributed by atoms with E-state index in [1.54, 1.807) is 19.1 Å². The van der Waals surface area contributed by atoms with E-state index in [0.717, 1.165) is 43.2 Å². The summed E-state index contributed by atoms with van der Waals surface area (Å²) in [5, 5.41) is 1.43. The average molecular weight is 435 g/mol. The van der Waals surface area contributed by atoms with E-state index in [4.69, 9.17) is 11.6 Å². The molecule has 0 amide bonds. The normalized spacial score (nSPS) is 14.7. The van der Waals surface area contributed by atoms with Crippen molar-refractivity contribution < 1.29 is 12.8 Å². The summed E-state index contributed by atoms with van der Waals surface area (Å²) in [5.74, 6) is 0.497. The van der Waals surface area contributed by atoms with Crippen LogP contribution in [0.5, 0.6) is 0 Å². The summed E-state index contributed by atoms with van der Waals surface area (Å²) in [4.78, 5) is 11.2. The van der Waals surface area contributed by atoms with Gasteiger partial charge in [0.1, 0.15) is 17.5 Å². The molecule has 2 heterocycles. The van der Waals surface area contributed by atoms with Crippen molar-refractivity contribution in [1.82, 2.24) is 14.7 Å². The highest BCUT2D eigenvalue weighted by Crippen LogP contribution is 2.29. The highest BCUT2D eigenvalue weighted by atomic mass is 35.5. The quantitative estimate of drug-likeness (QED) is 0.660. The van der Waals surface area contributed by atoms with Crippen molar-refractivity contribution in [3.05, 3.63) is 58.6 Å². The Kier molecular flexibility index (Phi) is 5.42. The Hall–Kier alpha value is -2.29. The third-order valence-electron chi connectivity index (χ3n) is 4.95. The summed E-state index contributed by atoms with van der Waals surface area (Å²) in [6, 6.07) is 9.05. The Bertz CT molecular complexity index is 1180. The second-order valence-electron chi connectivity index (χ2n) is 7.05. The Morgan fingerprint density at radius 3 is 2.66 bits per heavy atom. The third kappa shape index (κ3) is 4.19. The van der Waals surface area contributed by atoms with Gasteiger partial charge in [0.15, 0.2) is 0 Å². The number of aromatic nitrogens is 2. The second kappa shape index (κ2) is 7.85. The van der Waals surface area contributed by atoms with Crippen LogP contribution in [-0.2, 0) is 16.6 Å². The van der Waals surface area contributed by atoms with E-state index in [1.807, 2.05) is 6.07 Å². The predicted octanol–water partition coefficient (Wildman–Crippen LogP) is 3.81. The molecule has 1 aromatic heterocycles. The SMILES string of the molecule is Cc1ccc(F)cc1S(=O)(=O)NCc1nc(N2CCCC2)c2cc(Cl)ccc2n1. The largest absolute Gasteiger partial charge is 0.356 e. The lowest BCUT2D eigenvalue weighted by Gasteiger charge is -2.19. The van der Waals surface area contributed by atoms with Gasteiger partial charge in [-0.2, -0.15) is 0 Å². The van der Waals surface area contributed by atoms with E-state index in [9.17, 15) is 12.8 Å². The molecule has 29 heavy (non-hydrogen) atoms. The molecule has 1 saturated heterocycles. The van der Waals surface area contributed by atoms with Crippen LogP contribution in [0, 0.1) is 12.7 Å². The van der Waals surface area contributed by atoms with Crippen molar-refractivity contribution in [3.63, 3.8) is 0 Å². The maximum atomic E-state index is 13.5. The maximum Gasteiger partial charge on any atom is 0.241 e. The van der Waals surface area contributed by atoms with Gasteiger partial charge in [-0.05, 0) is 55.7 Å². The van der Waals surface area contributed by atoms with Crippen LogP contribution in [0.25, 0.3) is 10.9 Å². The van der Waals surface area contributed by atoms with Crippen molar-refractivity contribution in [2.24, 2.45) is 0 Å². The molecule has 0 aliphatic carbocycles. The number of hydrogen-bond donors (Lipinski definition) is 1. The number of sulfonamides is 1. The van der Waals surface area contributed by atoms with Crippen molar-refractivity contribution in [2.45, 2.75) is 31.2 Å². The molecule has 9 heteroatoms. The van der Waals surface area contributed by atoms with E-state index in [1.165, 1.54) is 12.1 Å². The topological polar surface area (TPSA) is 75.2 Å². The summed E-state index contributed by atoms with van der Waals surface area (Å²) in [7, 11) is -3.91. The standard InChI is InChI=1S/C20H20ClFN4O2S/c1-13-4-6-15(22)11-18(13)29(27,28)23-12-19-24-17-7-5-14(21)10-16(17)20(25-19)26-8-2-3-9-26/h4-7,10-11,23H,2-3,8-9,12H2,1H3. The zero-order valence-electron chi connectivity index (χ0n) is 15.8. The molecule has 0 bridgehead atoms. The van der Waals surface area contributed by atoms with E-state index < -0.39 is 15.8 Å². The van der Waals surface area contributed by atoms with Crippen LogP contribution in [0.2, 0.25) is 5.02 Å². The smallest absolute Gasteiger partial charge is 0.241 e. The lowest BCUT2D eigenvalue weighted by molar-refractivity contribution is 0.574. The van der Waals surface area contributed by atoms with E-state index in [-0.39, 0.29) is 11.4 Å². The Labute approximate surface area is 173 Å². The van der Waals surface area contributed by atoms with Gasteiger partial charge in [-0.25, -0.2) is 27.5 Å². The average Bonchev–Trinajstić information content (AvgIpc) is 3.22. The first-order valence-electron chi connectivity index (χ1n) is 9.30. The highest BCUT2D eigenvalue weighted by Gasteiger charge is 2.21. The fraction of sp³-hybridized carbons (Fsp3) is 0.300.